The third kappa shape index (κ3) is 5.81. The monoisotopic (exact) mass is 532 g/mol. The van der Waals surface area contributed by atoms with Crippen LogP contribution in [0.3, 0.4) is 0 Å². The molecule has 1 saturated carbocycles. The van der Waals surface area contributed by atoms with E-state index in [9.17, 15) is 17.6 Å². The first kappa shape index (κ1) is 26.1. The Kier molecular flexibility index (Phi) is 7.36. The number of fused-ring (bicyclic) bond motifs is 1. The molecule has 1 aromatic heterocycles. The predicted octanol–water partition coefficient (Wildman–Crippen LogP) is 5.87. The summed E-state index contributed by atoms with van der Waals surface area (Å²) in [5.41, 5.74) is 4.43. The molecule has 0 saturated heterocycles. The number of aromatic nitrogens is 1. The predicted molar refractivity (Wildman–Crippen MR) is 147 cm³/mol. The molecule has 1 radical (unpaired) electrons. The highest BCUT2D eigenvalue weighted by atomic mass is 32.2. The van der Waals surface area contributed by atoms with Crippen LogP contribution in [0, 0.1) is 18.7 Å². The number of nitrogens with one attached hydrogen (secondary N) is 3. The summed E-state index contributed by atoms with van der Waals surface area (Å²) in [4.78, 5) is 16.3. The molecule has 1 fully saturated rings. The number of hydrogen-bond acceptors (Lipinski definition) is 3. The number of carbonyl (C=O) groups is 1. The van der Waals surface area contributed by atoms with Crippen molar-refractivity contribution in [2.45, 2.75) is 49.6 Å². The first-order valence-corrected chi connectivity index (χ1v) is 14.3. The van der Waals surface area contributed by atoms with Crippen molar-refractivity contribution in [2.75, 3.05) is 0 Å². The number of H-pyrrole nitrogens is 1. The number of benzene rings is 3. The van der Waals surface area contributed by atoms with Crippen LogP contribution < -0.4 is 10.0 Å². The molecule has 1 atom stereocenters. The summed E-state index contributed by atoms with van der Waals surface area (Å²) in [5.74, 6) is -0.545. The van der Waals surface area contributed by atoms with Crippen molar-refractivity contribution < 1.29 is 17.6 Å². The lowest BCUT2D eigenvalue weighted by Gasteiger charge is -2.29. The normalized spacial score (nSPS) is 18.8. The number of halogens is 1. The van der Waals surface area contributed by atoms with Crippen LogP contribution in [0.15, 0.2) is 77.7 Å². The second-order valence-electron chi connectivity index (χ2n) is 10.1. The van der Waals surface area contributed by atoms with E-state index in [1.165, 1.54) is 12.1 Å². The van der Waals surface area contributed by atoms with Gasteiger partial charge >= 0.3 is 0 Å². The van der Waals surface area contributed by atoms with Gasteiger partial charge < -0.3 is 10.3 Å². The van der Waals surface area contributed by atoms with E-state index in [1.54, 1.807) is 24.3 Å². The summed E-state index contributed by atoms with van der Waals surface area (Å²) in [7, 11) is -3.72. The number of sulfonamides is 1. The third-order valence-corrected chi connectivity index (χ3v) is 8.84. The fourth-order valence-corrected chi connectivity index (χ4v) is 6.37. The van der Waals surface area contributed by atoms with Crippen molar-refractivity contribution in [3.8, 4) is 11.3 Å². The Balaban J connectivity index is 1.19. The topological polar surface area (TPSA) is 91.1 Å². The van der Waals surface area contributed by atoms with Gasteiger partial charge in [0.25, 0.3) is 0 Å². The van der Waals surface area contributed by atoms with Crippen LogP contribution in [0.5, 0.6) is 0 Å². The van der Waals surface area contributed by atoms with Crippen molar-refractivity contribution in [1.82, 2.24) is 15.0 Å². The Hall–Kier alpha value is -3.49. The molecule has 8 heteroatoms. The quantitative estimate of drug-likeness (QED) is 0.278. The summed E-state index contributed by atoms with van der Waals surface area (Å²) in [6.45, 7) is 5.78. The molecule has 197 valence electrons. The molecule has 1 heterocycles. The summed E-state index contributed by atoms with van der Waals surface area (Å²) in [6.07, 6.45) is 2.36. The van der Waals surface area contributed by atoms with E-state index in [0.29, 0.717) is 25.7 Å². The summed E-state index contributed by atoms with van der Waals surface area (Å²) in [5, 5.41) is 3.93. The number of carbonyl (C=O) groups excluding carboxylic acids is 1. The van der Waals surface area contributed by atoms with E-state index in [4.69, 9.17) is 0 Å². The van der Waals surface area contributed by atoms with Gasteiger partial charge in [0.2, 0.25) is 15.9 Å². The van der Waals surface area contributed by atoms with Crippen LogP contribution in [0.4, 0.5) is 4.39 Å². The summed E-state index contributed by atoms with van der Waals surface area (Å²) < 4.78 is 42.3. The molecular weight excluding hydrogens is 501 g/mol. The van der Waals surface area contributed by atoms with Gasteiger partial charge in [-0.3, -0.25) is 4.79 Å². The second-order valence-corrected chi connectivity index (χ2v) is 11.8. The first-order chi connectivity index (χ1) is 18.2. The Morgan fingerprint density at radius 1 is 0.974 bits per heavy atom. The summed E-state index contributed by atoms with van der Waals surface area (Å²) >= 11 is 0. The number of amides is 1. The van der Waals surface area contributed by atoms with Gasteiger partial charge in [0, 0.05) is 28.6 Å². The van der Waals surface area contributed by atoms with Crippen molar-refractivity contribution in [1.29, 1.82) is 0 Å². The molecule has 0 bridgehead atoms. The lowest BCUT2D eigenvalue weighted by Crippen LogP contribution is -2.41. The maximum atomic E-state index is 13.2. The Labute approximate surface area is 222 Å². The molecule has 0 spiro atoms. The Morgan fingerprint density at radius 3 is 2.34 bits per heavy atom. The highest BCUT2D eigenvalue weighted by Gasteiger charge is 2.30. The zero-order chi connectivity index (χ0) is 26.9. The highest BCUT2D eigenvalue weighted by molar-refractivity contribution is 7.89. The van der Waals surface area contributed by atoms with Crippen molar-refractivity contribution in [3.63, 3.8) is 0 Å². The lowest BCUT2D eigenvalue weighted by molar-refractivity contribution is -0.126. The van der Waals surface area contributed by atoms with Crippen LogP contribution in [0.2, 0.25) is 0 Å². The number of rotatable bonds is 7. The molecule has 1 aliphatic carbocycles. The molecule has 1 aliphatic rings. The molecule has 1 amide bonds. The van der Waals surface area contributed by atoms with Crippen LogP contribution >= 0.6 is 0 Å². The maximum Gasteiger partial charge on any atom is 0.240 e. The fraction of sp³-hybridized carbons (Fsp3) is 0.267. The van der Waals surface area contributed by atoms with Gasteiger partial charge in [-0.2, -0.15) is 0 Å². The van der Waals surface area contributed by atoms with Crippen LogP contribution in [0.25, 0.3) is 22.2 Å². The number of aromatic amines is 1. The van der Waals surface area contributed by atoms with E-state index in [-0.39, 0.29) is 34.6 Å². The molecule has 5 rings (SSSR count). The molecule has 0 aliphatic heterocycles. The van der Waals surface area contributed by atoms with Gasteiger partial charge in [0.05, 0.1) is 10.9 Å². The van der Waals surface area contributed by atoms with E-state index < -0.39 is 10.0 Å². The zero-order valence-electron chi connectivity index (χ0n) is 21.2. The van der Waals surface area contributed by atoms with E-state index in [1.807, 2.05) is 43.3 Å². The van der Waals surface area contributed by atoms with Crippen molar-refractivity contribution >= 4 is 26.8 Å². The van der Waals surface area contributed by atoms with Crippen molar-refractivity contribution in [3.05, 3.63) is 96.7 Å². The fourth-order valence-electron chi connectivity index (χ4n) is 5.04. The van der Waals surface area contributed by atoms with E-state index in [2.05, 4.69) is 21.9 Å². The molecule has 0 unspecified atom stereocenters. The number of hydrogen-bond donors (Lipinski definition) is 3. The van der Waals surface area contributed by atoms with Crippen LogP contribution in [-0.4, -0.2) is 25.4 Å². The maximum absolute atomic E-state index is 13.2. The molecule has 4 aromatic rings. The average Bonchev–Trinajstić information content (AvgIpc) is 3.33. The standard InChI is InChI=1S/C30H31FN3O3S/c1-19-3-5-22(6-4-19)28-17-24-11-16-27(18-29(24)33-28)38(36,37)34-26-14-9-23(10-15-26)30(35)32-20(2)21-7-12-25(31)13-8-21/h3-8,11-13,16-18,20,23,26,33-34H,1,9-10,14-15H2,2H3,(H,32,35)/t20-,23-,26-/m1/s1. The first-order valence-electron chi connectivity index (χ1n) is 12.8. The van der Waals surface area contributed by atoms with Gasteiger partial charge in [-0.1, -0.05) is 42.5 Å². The molecule has 6 nitrogen and oxygen atoms in total. The largest absolute Gasteiger partial charge is 0.354 e. The zero-order valence-corrected chi connectivity index (χ0v) is 22.0. The highest BCUT2D eigenvalue weighted by Crippen LogP contribution is 2.29. The van der Waals surface area contributed by atoms with E-state index in [0.717, 1.165) is 33.3 Å². The average molecular weight is 533 g/mol. The Bertz CT molecular complexity index is 1540. The van der Waals surface area contributed by atoms with Gasteiger partial charge in [-0.15, -0.1) is 0 Å². The minimum Gasteiger partial charge on any atom is -0.354 e. The minimum atomic E-state index is -3.72. The third-order valence-electron chi connectivity index (χ3n) is 7.32. The Morgan fingerprint density at radius 2 is 1.66 bits per heavy atom. The van der Waals surface area contributed by atoms with Gasteiger partial charge in [-0.05, 0) is 86.6 Å². The molecule has 38 heavy (non-hydrogen) atoms. The smallest absolute Gasteiger partial charge is 0.240 e. The van der Waals surface area contributed by atoms with Crippen molar-refractivity contribution in [2.24, 2.45) is 5.92 Å². The van der Waals surface area contributed by atoms with Gasteiger partial charge in [0.15, 0.2) is 0 Å². The lowest BCUT2D eigenvalue weighted by atomic mass is 9.85. The molecule has 3 aromatic carbocycles. The SMILES string of the molecule is [CH2]c1ccc(-c2cc3ccc(S(=O)(=O)N[C@H]4CC[C@H](C(=O)N[C@H](C)c5ccc(F)cc5)CC4)cc3[nH]2)cc1. The minimum absolute atomic E-state index is 0.0547. The van der Waals surface area contributed by atoms with Crippen LogP contribution in [0.1, 0.15) is 49.8 Å². The molecule has 3 N–H and O–H groups in total. The second kappa shape index (κ2) is 10.7. The van der Waals surface area contributed by atoms with Crippen LogP contribution in [-0.2, 0) is 14.8 Å². The summed E-state index contributed by atoms with van der Waals surface area (Å²) in [6, 6.07) is 20.5. The van der Waals surface area contributed by atoms with E-state index >= 15 is 0 Å². The van der Waals surface area contributed by atoms with Gasteiger partial charge in [0.1, 0.15) is 5.82 Å². The van der Waals surface area contributed by atoms with Gasteiger partial charge in [-0.25, -0.2) is 17.5 Å². The molecular formula is C30H31FN3O3S.